The van der Waals surface area contributed by atoms with Crippen LogP contribution in [0.15, 0.2) is 42.5 Å². The Morgan fingerprint density at radius 3 is 1.89 bits per heavy atom. The van der Waals surface area contributed by atoms with Crippen molar-refractivity contribution in [2.24, 2.45) is 0 Å². The summed E-state index contributed by atoms with van der Waals surface area (Å²) in [6.45, 7) is 0.369. The lowest BCUT2D eigenvalue weighted by molar-refractivity contribution is -0.232. The Hall–Kier alpha value is -5.69. The van der Waals surface area contributed by atoms with Gasteiger partial charge in [-0.05, 0) is 48.7 Å². The molecule has 0 bridgehead atoms. The molecular formula is C37H38O17. The maximum Gasteiger partial charge on any atom is 0.170 e. The fourth-order valence-corrected chi connectivity index (χ4v) is 7.02. The van der Waals surface area contributed by atoms with Crippen molar-refractivity contribution in [3.8, 4) is 57.5 Å². The van der Waals surface area contributed by atoms with E-state index in [9.17, 15) is 76.3 Å². The first-order chi connectivity index (χ1) is 25.5. The standard InChI is InChI=1S/C37H38O17/c1-12-18(42)10-21-24(28(12)45)25(33(50)36(53-21)14-4-7-16(40)20(44)9-14)26-30(47)23(17(41)6-3-13-2-5-15(39)19(43)8-13)31(48)27(32(26)49)37-35(52)34(51)29(46)22(11-38)54-37/h2,4-5,7-10,22,25,29,33-40,42-52H,3,6,11H2,1H3. The van der Waals surface area contributed by atoms with Crippen LogP contribution in [-0.2, 0) is 11.2 Å². The number of rotatable bonds is 8. The molecule has 0 aromatic heterocycles. The van der Waals surface area contributed by atoms with E-state index in [1.165, 1.54) is 31.2 Å². The lowest BCUT2D eigenvalue weighted by Crippen LogP contribution is -2.55. The summed E-state index contributed by atoms with van der Waals surface area (Å²) in [5, 5.41) is 151. The summed E-state index contributed by atoms with van der Waals surface area (Å²) in [7, 11) is 0. The van der Waals surface area contributed by atoms with Gasteiger partial charge in [-0.1, -0.05) is 12.1 Å². The highest BCUT2D eigenvalue weighted by molar-refractivity contribution is 6.03. The Balaban J connectivity index is 1.61. The number of phenols is 9. The van der Waals surface area contributed by atoms with E-state index in [0.29, 0.717) is 5.56 Å². The second kappa shape index (κ2) is 14.3. The Kier molecular flexibility index (Phi) is 10.1. The third-order valence-electron chi connectivity index (χ3n) is 10.0. The van der Waals surface area contributed by atoms with Crippen LogP contribution >= 0.6 is 0 Å². The average Bonchev–Trinajstić information content (AvgIpc) is 3.13. The highest BCUT2D eigenvalue weighted by atomic mass is 16.5. The summed E-state index contributed by atoms with van der Waals surface area (Å²) in [4.78, 5) is 14.0. The molecule has 4 aromatic rings. The number of aliphatic hydroxyl groups excluding tert-OH is 5. The molecule has 0 radical (unpaired) electrons. The summed E-state index contributed by atoms with van der Waals surface area (Å²) in [6.07, 6.45) is -13.9. The first-order valence-corrected chi connectivity index (χ1v) is 16.6. The summed E-state index contributed by atoms with van der Waals surface area (Å²) in [5.41, 5.74) is -2.63. The highest BCUT2D eigenvalue weighted by Gasteiger charge is 2.50. The summed E-state index contributed by atoms with van der Waals surface area (Å²) in [5.74, 6) is -9.86. The van der Waals surface area contributed by atoms with Crippen molar-refractivity contribution in [1.29, 1.82) is 0 Å². The molecule has 8 atom stereocenters. The Morgan fingerprint density at radius 1 is 0.630 bits per heavy atom. The minimum atomic E-state index is -2.15. The molecule has 2 aliphatic heterocycles. The van der Waals surface area contributed by atoms with Crippen molar-refractivity contribution < 1.29 is 85.8 Å². The van der Waals surface area contributed by atoms with E-state index in [2.05, 4.69) is 0 Å². The minimum absolute atomic E-state index is 0.00775. The second-order valence-corrected chi connectivity index (χ2v) is 13.3. The van der Waals surface area contributed by atoms with Crippen molar-refractivity contribution in [3.05, 3.63) is 81.4 Å². The third kappa shape index (κ3) is 6.25. The number of Topliss-reactive ketones (excluding diaryl/α,β-unsaturated/α-hetero) is 1. The van der Waals surface area contributed by atoms with Gasteiger partial charge in [0.2, 0.25) is 0 Å². The van der Waals surface area contributed by atoms with Crippen LogP contribution in [0.25, 0.3) is 0 Å². The van der Waals surface area contributed by atoms with E-state index >= 15 is 0 Å². The molecule has 17 nitrogen and oxygen atoms in total. The number of fused-ring (bicyclic) bond motifs is 1. The molecule has 1 fully saturated rings. The van der Waals surface area contributed by atoms with Crippen molar-refractivity contribution in [2.75, 3.05) is 6.61 Å². The molecule has 0 saturated carbocycles. The van der Waals surface area contributed by atoms with Crippen molar-refractivity contribution in [2.45, 2.75) is 68.4 Å². The number of benzene rings is 4. The number of carbonyl (C=O) groups excluding carboxylic acids is 1. The van der Waals surface area contributed by atoms with Crippen LogP contribution in [0.2, 0.25) is 0 Å². The van der Waals surface area contributed by atoms with Gasteiger partial charge in [0, 0.05) is 29.2 Å². The quantitative estimate of drug-likeness (QED) is 0.0890. The predicted molar refractivity (Wildman–Crippen MR) is 182 cm³/mol. The fourth-order valence-electron chi connectivity index (χ4n) is 7.02. The summed E-state index contributed by atoms with van der Waals surface area (Å²) < 4.78 is 11.6. The second-order valence-electron chi connectivity index (χ2n) is 13.3. The molecular weight excluding hydrogens is 716 g/mol. The predicted octanol–water partition coefficient (Wildman–Crippen LogP) is 1.30. The first-order valence-electron chi connectivity index (χ1n) is 16.6. The summed E-state index contributed by atoms with van der Waals surface area (Å²) >= 11 is 0. The monoisotopic (exact) mass is 754 g/mol. The maximum absolute atomic E-state index is 14.0. The largest absolute Gasteiger partial charge is 0.507 e. The van der Waals surface area contributed by atoms with Crippen LogP contribution < -0.4 is 4.74 Å². The van der Waals surface area contributed by atoms with Gasteiger partial charge in [-0.2, -0.15) is 0 Å². The molecule has 4 aromatic carbocycles. The van der Waals surface area contributed by atoms with E-state index in [0.717, 1.165) is 18.2 Å². The molecule has 0 amide bonds. The molecule has 2 heterocycles. The van der Waals surface area contributed by atoms with Crippen LogP contribution in [0.4, 0.5) is 0 Å². The van der Waals surface area contributed by atoms with E-state index < -0.39 is 136 Å². The molecule has 17 heteroatoms. The van der Waals surface area contributed by atoms with Crippen LogP contribution in [0.1, 0.15) is 68.3 Å². The van der Waals surface area contributed by atoms with E-state index in [4.69, 9.17) is 9.47 Å². The lowest BCUT2D eigenvalue weighted by Gasteiger charge is -2.42. The number of hydrogen-bond donors (Lipinski definition) is 14. The molecule has 0 spiro atoms. The average molecular weight is 755 g/mol. The molecule has 1 saturated heterocycles. The number of aryl methyl sites for hydroxylation is 1. The number of aliphatic hydroxyl groups is 5. The molecule has 14 N–H and O–H groups in total. The number of aromatic hydroxyl groups is 9. The zero-order chi connectivity index (χ0) is 39.5. The Labute approximate surface area is 305 Å². The van der Waals surface area contributed by atoms with Crippen LogP contribution in [0.3, 0.4) is 0 Å². The number of phenolic OH excluding ortho intramolecular Hbond substituents is 9. The maximum atomic E-state index is 14.0. The molecule has 288 valence electrons. The normalized spacial score (nSPS) is 25.1. The van der Waals surface area contributed by atoms with E-state index in [1.54, 1.807) is 0 Å². The van der Waals surface area contributed by atoms with Gasteiger partial charge in [-0.25, -0.2) is 0 Å². The number of ketones is 1. The van der Waals surface area contributed by atoms with Gasteiger partial charge in [0.1, 0.15) is 76.7 Å². The van der Waals surface area contributed by atoms with Gasteiger partial charge in [0.05, 0.1) is 18.1 Å². The fraction of sp³-hybridized carbons (Fsp3) is 0.324. The number of carbonyl (C=O) groups is 1. The molecule has 54 heavy (non-hydrogen) atoms. The molecule has 0 aliphatic carbocycles. The van der Waals surface area contributed by atoms with Gasteiger partial charge < -0.3 is 81.0 Å². The van der Waals surface area contributed by atoms with Crippen LogP contribution in [0.5, 0.6) is 57.5 Å². The van der Waals surface area contributed by atoms with Crippen molar-refractivity contribution in [1.82, 2.24) is 0 Å². The van der Waals surface area contributed by atoms with Gasteiger partial charge >= 0.3 is 0 Å². The highest BCUT2D eigenvalue weighted by Crippen LogP contribution is 2.59. The lowest BCUT2D eigenvalue weighted by atomic mass is 9.76. The van der Waals surface area contributed by atoms with Crippen molar-refractivity contribution in [3.63, 3.8) is 0 Å². The SMILES string of the molecule is Cc1c(O)cc2c(c1O)C(c1c(O)c(C(=O)CCc3ccc(O)c(O)c3)c(O)c(C3OC(CO)C(O)C(O)C3O)c1O)C(O)C(c1ccc(O)c(O)c1)O2. The smallest absolute Gasteiger partial charge is 0.170 e. The zero-order valence-corrected chi connectivity index (χ0v) is 28.3. The van der Waals surface area contributed by atoms with Crippen molar-refractivity contribution >= 4 is 5.78 Å². The Bertz CT molecular complexity index is 2110. The number of hydrogen-bond acceptors (Lipinski definition) is 17. The van der Waals surface area contributed by atoms with Gasteiger partial charge in [0.15, 0.2) is 34.9 Å². The topological polar surface area (TPSA) is 319 Å². The van der Waals surface area contributed by atoms with E-state index in [-0.39, 0.29) is 28.9 Å². The third-order valence-corrected chi connectivity index (χ3v) is 10.0. The summed E-state index contributed by atoms with van der Waals surface area (Å²) in [6, 6.07) is 8.15. The minimum Gasteiger partial charge on any atom is -0.507 e. The van der Waals surface area contributed by atoms with Gasteiger partial charge in [-0.15, -0.1) is 0 Å². The van der Waals surface area contributed by atoms with Crippen LogP contribution in [0, 0.1) is 6.92 Å². The van der Waals surface area contributed by atoms with E-state index in [1.807, 2.05) is 0 Å². The molecule has 2 aliphatic rings. The molecule has 6 rings (SSSR count). The molecule has 8 unspecified atom stereocenters. The first kappa shape index (κ1) is 38.0. The number of ether oxygens (including phenoxy) is 2. The zero-order valence-electron chi connectivity index (χ0n) is 28.3. The Morgan fingerprint density at radius 2 is 1.26 bits per heavy atom. The van der Waals surface area contributed by atoms with Gasteiger partial charge in [0.25, 0.3) is 0 Å². The van der Waals surface area contributed by atoms with Crippen LogP contribution in [-0.4, -0.2) is 114 Å². The van der Waals surface area contributed by atoms with Gasteiger partial charge in [-0.3, -0.25) is 4.79 Å².